The van der Waals surface area contributed by atoms with Crippen molar-refractivity contribution in [2.75, 3.05) is 18.5 Å². The maximum absolute atomic E-state index is 9.38. The van der Waals surface area contributed by atoms with E-state index in [4.69, 9.17) is 0 Å². The van der Waals surface area contributed by atoms with Gasteiger partial charge in [-0.3, -0.25) is 0 Å². The van der Waals surface area contributed by atoms with Crippen LogP contribution in [0.3, 0.4) is 0 Å². The SMILES string of the molecule is CC(C)C(CO)Cc1ccc2c(c1)CCCN2. The molecule has 0 amide bonds. The fraction of sp³-hybridized carbons (Fsp3) is 0.600. The third-order valence-electron chi connectivity index (χ3n) is 3.78. The van der Waals surface area contributed by atoms with E-state index in [9.17, 15) is 5.11 Å². The van der Waals surface area contributed by atoms with Crippen LogP contribution in [0.2, 0.25) is 0 Å². The smallest absolute Gasteiger partial charge is 0.0464 e. The van der Waals surface area contributed by atoms with E-state index >= 15 is 0 Å². The van der Waals surface area contributed by atoms with Crippen molar-refractivity contribution < 1.29 is 5.11 Å². The number of fused-ring (bicyclic) bond motifs is 1. The summed E-state index contributed by atoms with van der Waals surface area (Å²) >= 11 is 0. The highest BCUT2D eigenvalue weighted by Gasteiger charge is 2.14. The molecule has 1 aliphatic rings. The Kier molecular flexibility index (Phi) is 4.06. The van der Waals surface area contributed by atoms with Crippen LogP contribution in [0.4, 0.5) is 5.69 Å². The van der Waals surface area contributed by atoms with Gasteiger partial charge in [0.25, 0.3) is 0 Å². The Hall–Kier alpha value is -1.02. The van der Waals surface area contributed by atoms with E-state index in [1.54, 1.807) is 0 Å². The van der Waals surface area contributed by atoms with Gasteiger partial charge < -0.3 is 10.4 Å². The molecule has 0 radical (unpaired) electrons. The first kappa shape index (κ1) is 12.4. The number of aliphatic hydroxyl groups excluding tert-OH is 1. The quantitative estimate of drug-likeness (QED) is 0.838. The summed E-state index contributed by atoms with van der Waals surface area (Å²) in [5.74, 6) is 0.916. The molecule has 0 aliphatic carbocycles. The van der Waals surface area contributed by atoms with E-state index in [0.29, 0.717) is 11.8 Å². The molecule has 0 aromatic heterocycles. The van der Waals surface area contributed by atoms with Crippen LogP contribution in [0, 0.1) is 11.8 Å². The minimum Gasteiger partial charge on any atom is -0.396 e. The number of hydrogen-bond donors (Lipinski definition) is 2. The molecule has 1 unspecified atom stereocenters. The van der Waals surface area contributed by atoms with Crippen LogP contribution in [-0.2, 0) is 12.8 Å². The van der Waals surface area contributed by atoms with E-state index in [2.05, 4.69) is 37.4 Å². The van der Waals surface area contributed by atoms with Gasteiger partial charge in [-0.2, -0.15) is 0 Å². The van der Waals surface area contributed by atoms with Gasteiger partial charge in [-0.05, 0) is 48.3 Å². The van der Waals surface area contributed by atoms with E-state index < -0.39 is 0 Å². The molecule has 17 heavy (non-hydrogen) atoms. The third-order valence-corrected chi connectivity index (χ3v) is 3.78. The summed E-state index contributed by atoms with van der Waals surface area (Å²) in [6, 6.07) is 6.70. The molecule has 94 valence electrons. The highest BCUT2D eigenvalue weighted by atomic mass is 16.3. The van der Waals surface area contributed by atoms with Crippen molar-refractivity contribution in [1.82, 2.24) is 0 Å². The molecule has 1 atom stereocenters. The Morgan fingerprint density at radius 1 is 1.35 bits per heavy atom. The number of aryl methyl sites for hydroxylation is 1. The summed E-state index contributed by atoms with van der Waals surface area (Å²) in [5, 5.41) is 12.8. The van der Waals surface area contributed by atoms with Gasteiger partial charge in [-0.15, -0.1) is 0 Å². The van der Waals surface area contributed by atoms with E-state index in [1.807, 2.05) is 0 Å². The lowest BCUT2D eigenvalue weighted by atomic mass is 9.88. The van der Waals surface area contributed by atoms with E-state index in [-0.39, 0.29) is 6.61 Å². The van der Waals surface area contributed by atoms with Gasteiger partial charge in [0.05, 0.1) is 0 Å². The minimum absolute atomic E-state index is 0.285. The topological polar surface area (TPSA) is 32.3 Å². The molecule has 1 aromatic carbocycles. The van der Waals surface area contributed by atoms with Gasteiger partial charge in [0.1, 0.15) is 0 Å². The molecule has 1 aromatic rings. The summed E-state index contributed by atoms with van der Waals surface area (Å²) in [4.78, 5) is 0. The lowest BCUT2D eigenvalue weighted by Crippen LogP contribution is -2.17. The Morgan fingerprint density at radius 2 is 2.18 bits per heavy atom. The normalized spacial score (nSPS) is 16.5. The van der Waals surface area contributed by atoms with Crippen LogP contribution >= 0.6 is 0 Å². The molecule has 2 heteroatoms. The van der Waals surface area contributed by atoms with Gasteiger partial charge in [-0.1, -0.05) is 26.0 Å². The number of hydrogen-bond acceptors (Lipinski definition) is 2. The maximum atomic E-state index is 9.38. The second-order valence-electron chi connectivity index (χ2n) is 5.41. The average Bonchev–Trinajstić information content (AvgIpc) is 2.35. The molecule has 0 saturated carbocycles. The van der Waals surface area contributed by atoms with Gasteiger partial charge in [0.2, 0.25) is 0 Å². The van der Waals surface area contributed by atoms with Crippen LogP contribution in [0.15, 0.2) is 18.2 Å². The fourth-order valence-electron chi connectivity index (χ4n) is 2.47. The average molecular weight is 233 g/mol. The molecule has 2 N–H and O–H groups in total. The number of nitrogens with one attached hydrogen (secondary N) is 1. The van der Waals surface area contributed by atoms with Crippen molar-refractivity contribution in [3.8, 4) is 0 Å². The Labute approximate surface area is 104 Å². The van der Waals surface area contributed by atoms with Gasteiger partial charge in [-0.25, -0.2) is 0 Å². The van der Waals surface area contributed by atoms with Crippen LogP contribution in [0.25, 0.3) is 0 Å². The molecule has 0 bridgehead atoms. The molecular weight excluding hydrogens is 210 g/mol. The van der Waals surface area contributed by atoms with Crippen molar-refractivity contribution in [2.45, 2.75) is 33.1 Å². The predicted molar refractivity (Wildman–Crippen MR) is 72.4 cm³/mol. The Bertz CT molecular complexity index is 373. The number of aliphatic hydroxyl groups is 1. The third kappa shape index (κ3) is 3.01. The standard InChI is InChI=1S/C15H23NO/c1-11(2)14(10-17)9-12-5-6-15-13(8-12)4-3-7-16-15/h5-6,8,11,14,16-17H,3-4,7,9-10H2,1-2H3. The van der Waals surface area contributed by atoms with Gasteiger partial charge in [0, 0.05) is 18.8 Å². The first-order chi connectivity index (χ1) is 8.20. The van der Waals surface area contributed by atoms with Crippen LogP contribution in [0.5, 0.6) is 0 Å². The van der Waals surface area contributed by atoms with Crippen LogP contribution in [-0.4, -0.2) is 18.3 Å². The molecular formula is C15H23NO. The summed E-state index contributed by atoms with van der Waals surface area (Å²) < 4.78 is 0. The highest BCUT2D eigenvalue weighted by Crippen LogP contribution is 2.25. The highest BCUT2D eigenvalue weighted by molar-refractivity contribution is 5.54. The van der Waals surface area contributed by atoms with Crippen molar-refractivity contribution in [3.05, 3.63) is 29.3 Å². The Morgan fingerprint density at radius 3 is 2.88 bits per heavy atom. The summed E-state index contributed by atoms with van der Waals surface area (Å²) in [6.07, 6.45) is 3.40. The Balaban J connectivity index is 2.11. The molecule has 1 aliphatic heterocycles. The predicted octanol–water partition coefficient (Wildman–Crippen LogP) is 2.85. The zero-order valence-corrected chi connectivity index (χ0v) is 10.9. The molecule has 0 saturated heterocycles. The van der Waals surface area contributed by atoms with Crippen molar-refractivity contribution in [2.24, 2.45) is 11.8 Å². The first-order valence-electron chi connectivity index (χ1n) is 6.67. The van der Waals surface area contributed by atoms with Crippen molar-refractivity contribution >= 4 is 5.69 Å². The van der Waals surface area contributed by atoms with E-state index in [0.717, 1.165) is 13.0 Å². The zero-order valence-electron chi connectivity index (χ0n) is 10.9. The van der Waals surface area contributed by atoms with Gasteiger partial charge >= 0.3 is 0 Å². The monoisotopic (exact) mass is 233 g/mol. The minimum atomic E-state index is 0.285. The van der Waals surface area contributed by atoms with Crippen LogP contribution in [0.1, 0.15) is 31.4 Å². The molecule has 2 nitrogen and oxygen atoms in total. The maximum Gasteiger partial charge on any atom is 0.0464 e. The fourth-order valence-corrected chi connectivity index (χ4v) is 2.47. The molecule has 0 spiro atoms. The zero-order chi connectivity index (χ0) is 12.3. The number of benzene rings is 1. The van der Waals surface area contributed by atoms with Crippen molar-refractivity contribution in [1.29, 1.82) is 0 Å². The molecule has 0 fully saturated rings. The van der Waals surface area contributed by atoms with Crippen LogP contribution < -0.4 is 5.32 Å². The first-order valence-corrected chi connectivity index (χ1v) is 6.67. The lowest BCUT2D eigenvalue weighted by molar-refractivity contribution is 0.189. The molecule has 1 heterocycles. The van der Waals surface area contributed by atoms with Crippen molar-refractivity contribution in [3.63, 3.8) is 0 Å². The number of anilines is 1. The largest absolute Gasteiger partial charge is 0.396 e. The summed E-state index contributed by atoms with van der Waals surface area (Å²) in [5.41, 5.74) is 4.10. The van der Waals surface area contributed by atoms with E-state index in [1.165, 1.54) is 29.7 Å². The lowest BCUT2D eigenvalue weighted by Gasteiger charge is -2.21. The second kappa shape index (κ2) is 5.54. The second-order valence-corrected chi connectivity index (χ2v) is 5.41. The van der Waals surface area contributed by atoms with Gasteiger partial charge in [0.15, 0.2) is 0 Å². The molecule has 2 rings (SSSR count). The summed E-state index contributed by atoms with van der Waals surface area (Å²) in [6.45, 7) is 5.74. The summed E-state index contributed by atoms with van der Waals surface area (Å²) in [7, 11) is 0. The number of rotatable bonds is 4.